The van der Waals surface area contributed by atoms with E-state index in [9.17, 15) is 0 Å². The maximum Gasteiger partial charge on any atom is 0.137 e. The molecule has 0 saturated heterocycles. The Bertz CT molecular complexity index is 3540. The molecule has 0 saturated carbocycles. The van der Waals surface area contributed by atoms with Gasteiger partial charge in [0.25, 0.3) is 0 Å². The molecular weight excluding hydrogens is 741 g/mol. The number of ether oxygens (including phenoxy) is 1. The van der Waals surface area contributed by atoms with Crippen LogP contribution in [0.25, 0.3) is 65.0 Å². The van der Waals surface area contributed by atoms with Gasteiger partial charge in [0.1, 0.15) is 11.5 Å². The zero-order chi connectivity index (χ0) is 40.6. The Morgan fingerprint density at radius 2 is 0.852 bits per heavy atom. The molecule has 0 bridgehead atoms. The molecule has 0 aliphatic carbocycles. The summed E-state index contributed by atoms with van der Waals surface area (Å²) in [6.07, 6.45) is 0. The number of fused-ring (bicyclic) bond motifs is 8. The molecule has 3 nitrogen and oxygen atoms in total. The molecule has 0 atom stereocenters. The van der Waals surface area contributed by atoms with Gasteiger partial charge in [0.05, 0.1) is 5.69 Å². The minimum atomic E-state index is 0.849. The lowest BCUT2D eigenvalue weighted by Crippen LogP contribution is -2.11. The molecule has 11 aromatic rings. The molecule has 0 amide bonds. The van der Waals surface area contributed by atoms with Gasteiger partial charge in [-0.15, -0.1) is 0 Å². The Labute approximate surface area is 354 Å². The normalized spacial score (nSPS) is 11.9. The minimum absolute atomic E-state index is 0.849. The third kappa shape index (κ3) is 5.81. The standard InChI is InChI=1S/C58H40N2O/c1-37-21-27-48-50(29-37)51-35-54-49-28-26-47(59(43-17-5-3-6-18-43)45-24-22-39-13-9-11-15-41(39)32-45)34-56(49)61-57-31-38(2)30-53(58(54)57)52(51)36-55(48)60(44-19-7-4-8-20-44)46-25-23-40-14-10-12-16-42(40)33-46/h3-36H,1-2H3. The number of para-hydroxylation sites is 2. The Kier molecular flexibility index (Phi) is 7.98. The fourth-order valence-electron chi connectivity index (χ4n) is 9.59. The number of benzene rings is 11. The van der Waals surface area contributed by atoms with Crippen molar-refractivity contribution in [1.29, 1.82) is 0 Å². The van der Waals surface area contributed by atoms with Gasteiger partial charge in [-0.1, -0.05) is 127 Å². The summed E-state index contributed by atoms with van der Waals surface area (Å²) >= 11 is 0. The molecule has 0 aromatic heterocycles. The number of hydrogen-bond acceptors (Lipinski definition) is 3. The van der Waals surface area contributed by atoms with E-state index in [1.807, 2.05) is 0 Å². The van der Waals surface area contributed by atoms with E-state index in [-0.39, 0.29) is 0 Å². The monoisotopic (exact) mass is 780 g/mol. The van der Waals surface area contributed by atoms with Crippen molar-refractivity contribution in [1.82, 2.24) is 0 Å². The van der Waals surface area contributed by atoms with Gasteiger partial charge in [-0.25, -0.2) is 0 Å². The van der Waals surface area contributed by atoms with Gasteiger partial charge in [0.15, 0.2) is 0 Å². The van der Waals surface area contributed by atoms with Crippen LogP contribution in [0.3, 0.4) is 0 Å². The molecule has 3 heteroatoms. The van der Waals surface area contributed by atoms with Crippen molar-refractivity contribution in [3.63, 3.8) is 0 Å². The van der Waals surface area contributed by atoms with E-state index in [0.29, 0.717) is 0 Å². The number of nitrogens with zero attached hydrogens (tertiary/aromatic N) is 2. The Hall–Kier alpha value is -7.88. The van der Waals surface area contributed by atoms with E-state index in [0.717, 1.165) is 62.1 Å². The van der Waals surface area contributed by atoms with Gasteiger partial charge in [-0.05, 0) is 147 Å². The number of hydrogen-bond donors (Lipinski definition) is 0. The van der Waals surface area contributed by atoms with Gasteiger partial charge in [-0.3, -0.25) is 0 Å². The Morgan fingerprint density at radius 1 is 0.311 bits per heavy atom. The third-order valence-corrected chi connectivity index (χ3v) is 12.4. The van der Waals surface area contributed by atoms with Crippen molar-refractivity contribution >= 4 is 88.0 Å². The van der Waals surface area contributed by atoms with Crippen molar-refractivity contribution in [2.75, 3.05) is 9.80 Å². The Morgan fingerprint density at radius 3 is 1.54 bits per heavy atom. The molecule has 1 aliphatic rings. The quantitative estimate of drug-likeness (QED) is 0.156. The third-order valence-electron chi connectivity index (χ3n) is 12.4. The van der Waals surface area contributed by atoms with Crippen LogP contribution < -0.4 is 14.5 Å². The molecule has 0 fully saturated rings. The second-order valence-corrected chi connectivity index (χ2v) is 16.3. The average molecular weight is 781 g/mol. The molecule has 61 heavy (non-hydrogen) atoms. The van der Waals surface area contributed by atoms with E-state index in [1.54, 1.807) is 0 Å². The van der Waals surface area contributed by atoms with Gasteiger partial charge in [-0.2, -0.15) is 0 Å². The van der Waals surface area contributed by atoms with E-state index in [2.05, 4.69) is 230 Å². The second-order valence-electron chi connectivity index (χ2n) is 16.3. The van der Waals surface area contributed by atoms with E-state index >= 15 is 0 Å². The highest BCUT2D eigenvalue weighted by Crippen LogP contribution is 2.53. The topological polar surface area (TPSA) is 15.7 Å². The zero-order valence-electron chi connectivity index (χ0n) is 33.9. The predicted octanol–water partition coefficient (Wildman–Crippen LogP) is 16.8. The van der Waals surface area contributed by atoms with Gasteiger partial charge < -0.3 is 14.5 Å². The second kappa shape index (κ2) is 13.9. The van der Waals surface area contributed by atoms with Crippen LogP contribution in [0.15, 0.2) is 206 Å². The van der Waals surface area contributed by atoms with Crippen LogP contribution in [0.4, 0.5) is 34.1 Å². The van der Waals surface area contributed by atoms with Crippen LogP contribution in [0.5, 0.6) is 11.5 Å². The molecular formula is C58H40N2O. The smallest absolute Gasteiger partial charge is 0.137 e. The summed E-state index contributed by atoms with van der Waals surface area (Å²) in [6, 6.07) is 75.0. The maximum absolute atomic E-state index is 7.04. The molecule has 0 spiro atoms. The molecule has 0 unspecified atom stereocenters. The first kappa shape index (κ1) is 35.1. The highest BCUT2D eigenvalue weighted by Gasteiger charge is 2.26. The first-order valence-corrected chi connectivity index (χ1v) is 21.0. The lowest BCUT2D eigenvalue weighted by Gasteiger charge is -2.30. The minimum Gasteiger partial charge on any atom is -0.456 e. The predicted molar refractivity (Wildman–Crippen MR) is 258 cm³/mol. The van der Waals surface area contributed by atoms with E-state index < -0.39 is 0 Å². The first-order chi connectivity index (χ1) is 30.0. The maximum atomic E-state index is 7.04. The van der Waals surface area contributed by atoms with E-state index in [1.165, 1.54) is 59.6 Å². The molecule has 1 heterocycles. The fraction of sp³-hybridized carbons (Fsp3) is 0.0345. The summed E-state index contributed by atoms with van der Waals surface area (Å²) in [5, 5.41) is 12.0. The fourth-order valence-corrected chi connectivity index (χ4v) is 9.59. The number of anilines is 6. The largest absolute Gasteiger partial charge is 0.456 e. The molecule has 12 rings (SSSR count). The van der Waals surface area contributed by atoms with Crippen molar-refractivity contribution in [2.45, 2.75) is 13.8 Å². The van der Waals surface area contributed by atoms with E-state index in [4.69, 9.17) is 4.74 Å². The lowest BCUT2D eigenvalue weighted by molar-refractivity contribution is 0.487. The molecule has 11 aromatic carbocycles. The van der Waals surface area contributed by atoms with Crippen molar-refractivity contribution in [2.24, 2.45) is 0 Å². The zero-order valence-corrected chi connectivity index (χ0v) is 33.9. The van der Waals surface area contributed by atoms with Crippen molar-refractivity contribution in [3.05, 3.63) is 217 Å². The first-order valence-electron chi connectivity index (χ1n) is 21.0. The summed E-state index contributed by atoms with van der Waals surface area (Å²) in [5.74, 6) is 1.73. The van der Waals surface area contributed by atoms with Crippen LogP contribution in [0.2, 0.25) is 0 Å². The average Bonchev–Trinajstić information content (AvgIpc) is 3.30. The SMILES string of the molecule is Cc1ccc2c(N(c3ccccc3)c3ccc4ccccc4c3)cc3c4cc(C)cc5c4c(cc3c2c1)-c1ccc(N(c2ccccc2)c2ccc3ccccc3c2)cc1O5. The van der Waals surface area contributed by atoms with Gasteiger partial charge >= 0.3 is 0 Å². The lowest BCUT2D eigenvalue weighted by atomic mass is 9.87. The van der Waals surface area contributed by atoms with Crippen LogP contribution in [-0.2, 0) is 0 Å². The van der Waals surface area contributed by atoms with Crippen LogP contribution in [0, 0.1) is 13.8 Å². The molecule has 1 aliphatic heterocycles. The van der Waals surface area contributed by atoms with Crippen LogP contribution in [0.1, 0.15) is 11.1 Å². The van der Waals surface area contributed by atoms with Crippen molar-refractivity contribution < 1.29 is 4.74 Å². The van der Waals surface area contributed by atoms with Crippen molar-refractivity contribution in [3.8, 4) is 22.6 Å². The van der Waals surface area contributed by atoms with Crippen LogP contribution in [-0.4, -0.2) is 0 Å². The van der Waals surface area contributed by atoms with Gasteiger partial charge in [0.2, 0.25) is 0 Å². The summed E-state index contributed by atoms with van der Waals surface area (Å²) in [5.41, 5.74) is 11.2. The van der Waals surface area contributed by atoms with Gasteiger partial charge in [0, 0.05) is 50.8 Å². The molecule has 0 radical (unpaired) electrons. The number of aryl methyl sites for hydroxylation is 2. The summed E-state index contributed by atoms with van der Waals surface area (Å²) < 4.78 is 7.04. The Balaban J connectivity index is 1.09. The highest BCUT2D eigenvalue weighted by atomic mass is 16.5. The summed E-state index contributed by atoms with van der Waals surface area (Å²) in [6.45, 7) is 4.38. The summed E-state index contributed by atoms with van der Waals surface area (Å²) in [7, 11) is 0. The number of rotatable bonds is 6. The molecule has 0 N–H and O–H groups in total. The van der Waals surface area contributed by atoms with Crippen LogP contribution >= 0.6 is 0 Å². The highest BCUT2D eigenvalue weighted by molar-refractivity contribution is 6.26. The summed E-state index contributed by atoms with van der Waals surface area (Å²) in [4.78, 5) is 4.75. The molecule has 288 valence electrons.